The molecule has 0 aromatic rings. The first-order valence-corrected chi connectivity index (χ1v) is 4.38. The Balaban J connectivity index is 2.39. The van der Waals surface area contributed by atoms with E-state index in [2.05, 4.69) is 10.6 Å². The quantitative estimate of drug-likeness (QED) is 0.508. The van der Waals surface area contributed by atoms with Gasteiger partial charge in [0.25, 0.3) is 0 Å². The first kappa shape index (κ1) is 10.9. The summed E-state index contributed by atoms with van der Waals surface area (Å²) in [4.78, 5) is 21.5. The summed E-state index contributed by atoms with van der Waals surface area (Å²) in [7, 11) is 1.44. The topological polar surface area (TPSA) is 87.7 Å². The van der Waals surface area contributed by atoms with E-state index < -0.39 is 12.0 Å². The largest absolute Gasteiger partial charge is 0.480 e. The number of aliphatic carboxylic acids is 1. The summed E-state index contributed by atoms with van der Waals surface area (Å²) in [5, 5.41) is 14.2. The Bertz CT molecular complexity index is 231. The van der Waals surface area contributed by atoms with Crippen LogP contribution in [0.15, 0.2) is 0 Å². The number of hydrogen-bond acceptors (Lipinski definition) is 4. The van der Waals surface area contributed by atoms with E-state index in [1.807, 2.05) is 0 Å². The molecular formula is C8H14N2O4. The highest BCUT2D eigenvalue weighted by molar-refractivity contribution is 5.79. The summed E-state index contributed by atoms with van der Waals surface area (Å²) in [5.74, 6) is -1.02. The van der Waals surface area contributed by atoms with Crippen molar-refractivity contribution in [2.45, 2.75) is 18.5 Å². The summed E-state index contributed by atoms with van der Waals surface area (Å²) < 4.78 is 4.75. The molecule has 1 fully saturated rings. The van der Waals surface area contributed by atoms with E-state index in [0.29, 0.717) is 13.0 Å². The zero-order chi connectivity index (χ0) is 10.6. The van der Waals surface area contributed by atoms with Crippen molar-refractivity contribution in [3.63, 3.8) is 0 Å². The molecule has 80 valence electrons. The van der Waals surface area contributed by atoms with E-state index in [0.717, 1.165) is 0 Å². The van der Waals surface area contributed by atoms with Crippen molar-refractivity contribution < 1.29 is 19.4 Å². The summed E-state index contributed by atoms with van der Waals surface area (Å²) in [5.41, 5.74) is 0. The van der Waals surface area contributed by atoms with Gasteiger partial charge in [-0.15, -0.1) is 0 Å². The molecule has 1 saturated heterocycles. The van der Waals surface area contributed by atoms with Gasteiger partial charge in [-0.05, 0) is 0 Å². The van der Waals surface area contributed by atoms with E-state index in [4.69, 9.17) is 9.84 Å². The van der Waals surface area contributed by atoms with Gasteiger partial charge in [-0.3, -0.25) is 14.9 Å². The summed E-state index contributed by atoms with van der Waals surface area (Å²) in [6.07, 6.45) is 0.327. The predicted octanol–water partition coefficient (Wildman–Crippen LogP) is -1.44. The molecule has 3 N–H and O–H groups in total. The Hall–Kier alpha value is -1.14. The second kappa shape index (κ2) is 4.92. The number of rotatable bonds is 5. The maximum absolute atomic E-state index is 10.8. The van der Waals surface area contributed by atoms with Gasteiger partial charge < -0.3 is 15.2 Å². The van der Waals surface area contributed by atoms with Gasteiger partial charge in [0.1, 0.15) is 6.04 Å². The minimum absolute atomic E-state index is 0.0518. The third-order valence-corrected chi connectivity index (χ3v) is 2.05. The van der Waals surface area contributed by atoms with Crippen molar-refractivity contribution in [1.82, 2.24) is 10.6 Å². The average molecular weight is 202 g/mol. The maximum Gasteiger partial charge on any atom is 0.323 e. The minimum atomic E-state index is -0.966. The van der Waals surface area contributed by atoms with Gasteiger partial charge in [0.05, 0.1) is 6.61 Å². The van der Waals surface area contributed by atoms with Gasteiger partial charge in [-0.2, -0.15) is 0 Å². The molecule has 14 heavy (non-hydrogen) atoms. The van der Waals surface area contributed by atoms with Gasteiger partial charge in [0.15, 0.2) is 0 Å². The molecule has 0 bridgehead atoms. The molecule has 1 amide bonds. The fourth-order valence-corrected chi connectivity index (χ4v) is 1.36. The van der Waals surface area contributed by atoms with Crippen LogP contribution in [0.3, 0.4) is 0 Å². The number of methoxy groups -OCH3 is 1. The SMILES string of the molecule is COCC(NC1CNC(=O)C1)C(=O)O. The predicted molar refractivity (Wildman–Crippen MR) is 47.9 cm³/mol. The Morgan fingerprint density at radius 2 is 2.57 bits per heavy atom. The van der Waals surface area contributed by atoms with E-state index in [-0.39, 0.29) is 18.6 Å². The average Bonchev–Trinajstić information content (AvgIpc) is 2.50. The standard InChI is InChI=1S/C8H14N2O4/c1-14-4-6(8(12)13)10-5-2-7(11)9-3-5/h5-6,10H,2-4H2,1H3,(H,9,11)(H,12,13). The van der Waals surface area contributed by atoms with E-state index in [1.54, 1.807) is 0 Å². The Kier molecular flexibility index (Phi) is 3.84. The number of carbonyl (C=O) groups excluding carboxylic acids is 1. The molecule has 1 rings (SSSR count). The van der Waals surface area contributed by atoms with E-state index in [1.165, 1.54) is 7.11 Å². The van der Waals surface area contributed by atoms with Crippen molar-refractivity contribution in [3.8, 4) is 0 Å². The maximum atomic E-state index is 10.8. The lowest BCUT2D eigenvalue weighted by atomic mass is 10.2. The van der Waals surface area contributed by atoms with E-state index in [9.17, 15) is 9.59 Å². The lowest BCUT2D eigenvalue weighted by Crippen LogP contribution is -2.46. The van der Waals surface area contributed by atoms with Gasteiger partial charge in [0, 0.05) is 26.1 Å². The zero-order valence-electron chi connectivity index (χ0n) is 7.95. The fraction of sp³-hybridized carbons (Fsp3) is 0.750. The third-order valence-electron chi connectivity index (χ3n) is 2.05. The highest BCUT2D eigenvalue weighted by atomic mass is 16.5. The van der Waals surface area contributed by atoms with Crippen LogP contribution in [-0.4, -0.2) is 49.3 Å². The van der Waals surface area contributed by atoms with Gasteiger partial charge >= 0.3 is 5.97 Å². The van der Waals surface area contributed by atoms with Crippen LogP contribution in [0.4, 0.5) is 0 Å². The smallest absolute Gasteiger partial charge is 0.323 e. The van der Waals surface area contributed by atoms with Gasteiger partial charge in [-0.25, -0.2) is 0 Å². The second-order valence-corrected chi connectivity index (χ2v) is 3.22. The van der Waals surface area contributed by atoms with Crippen molar-refractivity contribution >= 4 is 11.9 Å². The van der Waals surface area contributed by atoms with Crippen LogP contribution < -0.4 is 10.6 Å². The van der Waals surface area contributed by atoms with Crippen molar-refractivity contribution in [1.29, 1.82) is 0 Å². The Labute approximate surface area is 81.6 Å². The van der Waals surface area contributed by atoms with Crippen LogP contribution in [0, 0.1) is 0 Å². The lowest BCUT2D eigenvalue weighted by molar-refractivity contribution is -0.141. The fourth-order valence-electron chi connectivity index (χ4n) is 1.36. The number of ether oxygens (including phenoxy) is 1. The van der Waals surface area contributed by atoms with Gasteiger partial charge in [0.2, 0.25) is 5.91 Å². The second-order valence-electron chi connectivity index (χ2n) is 3.22. The molecule has 6 heteroatoms. The zero-order valence-corrected chi connectivity index (χ0v) is 7.95. The summed E-state index contributed by atoms with van der Waals surface area (Å²) in [6.45, 7) is 0.576. The Morgan fingerprint density at radius 3 is 3.00 bits per heavy atom. The Morgan fingerprint density at radius 1 is 1.86 bits per heavy atom. The molecular weight excluding hydrogens is 188 g/mol. The van der Waals surface area contributed by atoms with E-state index >= 15 is 0 Å². The van der Waals surface area contributed by atoms with Crippen molar-refractivity contribution in [3.05, 3.63) is 0 Å². The molecule has 0 spiro atoms. The molecule has 0 aliphatic carbocycles. The van der Waals surface area contributed by atoms with Gasteiger partial charge in [-0.1, -0.05) is 0 Å². The number of carboxylic acids is 1. The van der Waals surface area contributed by atoms with Crippen LogP contribution in [0.1, 0.15) is 6.42 Å². The molecule has 0 radical (unpaired) electrons. The molecule has 6 nitrogen and oxygen atoms in total. The minimum Gasteiger partial charge on any atom is -0.480 e. The van der Waals surface area contributed by atoms with Crippen LogP contribution in [0.5, 0.6) is 0 Å². The number of carbonyl (C=O) groups is 2. The summed E-state index contributed by atoms with van der Waals surface area (Å²) in [6, 6.07) is -0.864. The molecule has 0 saturated carbocycles. The monoisotopic (exact) mass is 202 g/mol. The number of hydrogen-bond donors (Lipinski definition) is 3. The van der Waals surface area contributed by atoms with Crippen LogP contribution >= 0.6 is 0 Å². The highest BCUT2D eigenvalue weighted by Crippen LogP contribution is 2.01. The highest BCUT2D eigenvalue weighted by Gasteiger charge is 2.26. The first-order valence-electron chi connectivity index (χ1n) is 4.38. The molecule has 0 aromatic carbocycles. The lowest BCUT2D eigenvalue weighted by Gasteiger charge is -2.17. The summed E-state index contributed by atoms with van der Waals surface area (Å²) >= 11 is 0. The van der Waals surface area contributed by atoms with Crippen molar-refractivity contribution in [2.75, 3.05) is 20.3 Å². The molecule has 0 aromatic heterocycles. The molecule has 1 heterocycles. The normalized spacial score (nSPS) is 23.2. The first-order chi connectivity index (χ1) is 6.63. The molecule has 2 unspecified atom stereocenters. The van der Waals surface area contributed by atoms with Crippen LogP contribution in [0.2, 0.25) is 0 Å². The van der Waals surface area contributed by atoms with Crippen LogP contribution in [-0.2, 0) is 14.3 Å². The molecule has 1 aliphatic rings. The molecule has 2 atom stereocenters. The molecule has 1 aliphatic heterocycles. The number of nitrogens with one attached hydrogen (secondary N) is 2. The number of carboxylic acid groups (broad SMARTS) is 1. The van der Waals surface area contributed by atoms with Crippen LogP contribution in [0.25, 0.3) is 0 Å². The third kappa shape index (κ3) is 2.97. The van der Waals surface area contributed by atoms with Crippen molar-refractivity contribution in [2.24, 2.45) is 0 Å². The number of amides is 1.